The number of aliphatic hydroxyl groups excluding tert-OH is 1. The molecular weight excluding hydrogens is 1280 g/mol. The van der Waals surface area contributed by atoms with Crippen molar-refractivity contribution in [1.82, 2.24) is 0 Å². The first-order valence-electron chi connectivity index (χ1n) is 38.5. The van der Waals surface area contributed by atoms with Gasteiger partial charge in [0.1, 0.15) is 19.3 Å². The van der Waals surface area contributed by atoms with E-state index < -0.39 is 97.5 Å². The molecule has 5 unspecified atom stereocenters. The second-order valence-corrected chi connectivity index (χ2v) is 28.5. The molecule has 0 saturated carbocycles. The van der Waals surface area contributed by atoms with Gasteiger partial charge in [-0.15, -0.1) is 0 Å². The first-order chi connectivity index (χ1) is 47.7. The summed E-state index contributed by atoms with van der Waals surface area (Å²) >= 11 is 0. The van der Waals surface area contributed by atoms with Crippen molar-refractivity contribution < 1.29 is 80.2 Å². The Hall–Kier alpha value is -4.02. The minimum absolute atomic E-state index is 0.0376. The number of rotatable bonds is 72. The van der Waals surface area contributed by atoms with E-state index in [1.807, 2.05) is 18.2 Å². The number of allylic oxidation sites excluding steroid dienone is 16. The predicted octanol–water partition coefficient (Wildman–Crippen LogP) is 22.0. The summed E-state index contributed by atoms with van der Waals surface area (Å²) in [5.74, 6) is -2.28. The van der Waals surface area contributed by atoms with Crippen LogP contribution in [0.15, 0.2) is 97.2 Å². The molecule has 0 aromatic rings. The summed E-state index contributed by atoms with van der Waals surface area (Å²) < 4.78 is 68.3. The quantitative estimate of drug-likeness (QED) is 0.0169. The lowest BCUT2D eigenvalue weighted by molar-refractivity contribution is -0.161. The summed E-state index contributed by atoms with van der Waals surface area (Å²) in [5, 5.41) is 10.6. The lowest BCUT2D eigenvalue weighted by atomic mass is 10.1. The zero-order valence-corrected chi connectivity index (χ0v) is 63.5. The van der Waals surface area contributed by atoms with Gasteiger partial charge in [-0.1, -0.05) is 279 Å². The number of aliphatic hydroxyl groups is 1. The van der Waals surface area contributed by atoms with Crippen molar-refractivity contribution in [3.8, 4) is 0 Å². The summed E-state index contributed by atoms with van der Waals surface area (Å²) in [6.07, 6.45) is 74.2. The van der Waals surface area contributed by atoms with Gasteiger partial charge >= 0.3 is 39.5 Å². The van der Waals surface area contributed by atoms with Crippen molar-refractivity contribution >= 4 is 39.5 Å². The maximum atomic E-state index is 13.1. The number of hydrogen-bond acceptors (Lipinski definition) is 15. The van der Waals surface area contributed by atoms with Crippen LogP contribution < -0.4 is 0 Å². The number of carbonyl (C=O) groups is 4. The number of hydrogen-bond donors (Lipinski definition) is 3. The third-order valence-corrected chi connectivity index (χ3v) is 17.9. The molecule has 0 aliphatic carbocycles. The zero-order valence-electron chi connectivity index (χ0n) is 61.7. The highest BCUT2D eigenvalue weighted by molar-refractivity contribution is 7.47. The number of phosphoric ester groups is 2. The van der Waals surface area contributed by atoms with Crippen LogP contribution in [0.3, 0.4) is 0 Å². The number of phosphoric acid groups is 2. The number of ether oxygens (including phenoxy) is 4. The molecule has 566 valence electrons. The summed E-state index contributed by atoms with van der Waals surface area (Å²) in [5.41, 5.74) is 0. The van der Waals surface area contributed by atoms with Crippen LogP contribution in [0.1, 0.15) is 323 Å². The summed E-state index contributed by atoms with van der Waals surface area (Å²) in [6.45, 7) is 4.65. The van der Waals surface area contributed by atoms with E-state index in [9.17, 15) is 43.2 Å². The Morgan fingerprint density at radius 2 is 0.551 bits per heavy atom. The molecular formula is C79H138O17P2. The third kappa shape index (κ3) is 70.4. The fourth-order valence-electron chi connectivity index (χ4n) is 10.2. The van der Waals surface area contributed by atoms with Crippen LogP contribution in [0.2, 0.25) is 0 Å². The molecule has 17 nitrogen and oxygen atoms in total. The van der Waals surface area contributed by atoms with Crippen molar-refractivity contribution in [2.45, 2.75) is 341 Å². The van der Waals surface area contributed by atoms with E-state index in [0.29, 0.717) is 32.1 Å². The van der Waals surface area contributed by atoms with Crippen molar-refractivity contribution in [2.75, 3.05) is 39.6 Å². The van der Waals surface area contributed by atoms with Gasteiger partial charge in [0.05, 0.1) is 26.4 Å². The highest BCUT2D eigenvalue weighted by Crippen LogP contribution is 2.45. The molecule has 0 aromatic heterocycles. The molecule has 0 fully saturated rings. The van der Waals surface area contributed by atoms with Gasteiger partial charge in [-0.3, -0.25) is 37.3 Å². The molecule has 0 aromatic carbocycles. The van der Waals surface area contributed by atoms with Gasteiger partial charge in [0.15, 0.2) is 12.2 Å². The van der Waals surface area contributed by atoms with Crippen LogP contribution >= 0.6 is 15.6 Å². The Kier molecular flexibility index (Phi) is 68.4. The predicted molar refractivity (Wildman–Crippen MR) is 399 cm³/mol. The van der Waals surface area contributed by atoms with E-state index >= 15 is 0 Å². The van der Waals surface area contributed by atoms with E-state index in [2.05, 4.69) is 107 Å². The molecule has 0 aliphatic rings. The number of esters is 4. The molecule has 19 heteroatoms. The fourth-order valence-corrected chi connectivity index (χ4v) is 11.8. The summed E-state index contributed by atoms with van der Waals surface area (Å²) in [6, 6.07) is 0. The molecule has 0 radical (unpaired) electrons. The maximum Gasteiger partial charge on any atom is 0.472 e. The van der Waals surface area contributed by atoms with Crippen molar-refractivity contribution in [1.29, 1.82) is 0 Å². The van der Waals surface area contributed by atoms with Crippen LogP contribution in [0.5, 0.6) is 0 Å². The van der Waals surface area contributed by atoms with Gasteiger partial charge in [0, 0.05) is 25.7 Å². The number of carbonyl (C=O) groups excluding carboxylic acids is 4. The van der Waals surface area contributed by atoms with Gasteiger partial charge in [-0.2, -0.15) is 0 Å². The topological polar surface area (TPSA) is 237 Å². The monoisotopic (exact) mass is 1420 g/mol. The van der Waals surface area contributed by atoms with Gasteiger partial charge < -0.3 is 33.8 Å². The Bertz CT molecular complexity index is 2240. The Labute approximate surface area is 595 Å². The lowest BCUT2D eigenvalue weighted by Gasteiger charge is -2.21. The van der Waals surface area contributed by atoms with E-state index in [4.69, 9.17) is 37.0 Å². The molecule has 3 N–H and O–H groups in total. The average Bonchev–Trinajstić information content (AvgIpc) is 1.00. The molecule has 0 heterocycles. The molecule has 0 spiro atoms. The highest BCUT2D eigenvalue weighted by Gasteiger charge is 2.30. The van der Waals surface area contributed by atoms with Crippen LogP contribution in [0.25, 0.3) is 0 Å². The van der Waals surface area contributed by atoms with E-state index in [0.717, 1.165) is 135 Å². The van der Waals surface area contributed by atoms with Crippen LogP contribution in [-0.4, -0.2) is 96.7 Å². The van der Waals surface area contributed by atoms with Gasteiger partial charge in [-0.05, 0) is 116 Å². The standard InChI is InChI=1S/C79H138O17P2/c1-5-9-13-17-21-25-29-32-34-35-36-37-39-42-45-48-52-56-60-64-77(82)89-69-74(95-78(83)65-61-57-53-49-43-28-24-20-16-12-8-4)71-93-97(85,86)91-67-73(80)68-92-98(87,88)94-72-75(96-79(84)66-62-58-54-50-46-40-31-27-23-19-15-11-7-3)70-90-76(81)63-59-55-51-47-44-41-38-33-30-26-22-18-14-10-6-2/h9,13,21,25,27,31-34,36-38,42,45,52,56,73-75,80H,5-8,10-12,14-20,22-24,26,28-30,35,39-41,43-44,46-51,53-55,57-72H2,1-4H3,(H,85,86)(H,87,88)/b13-9-,25-21-,31-27-,34-32-,37-36-,38-33-,45-42-,56-52-. The van der Waals surface area contributed by atoms with E-state index in [-0.39, 0.29) is 25.7 Å². The van der Waals surface area contributed by atoms with Crippen molar-refractivity contribution in [3.05, 3.63) is 97.2 Å². The normalized spacial score (nSPS) is 14.5. The van der Waals surface area contributed by atoms with Crippen LogP contribution in [0, 0.1) is 0 Å². The van der Waals surface area contributed by atoms with E-state index in [1.54, 1.807) is 0 Å². The Balaban J connectivity index is 5.36. The highest BCUT2D eigenvalue weighted by atomic mass is 31.2. The Morgan fingerprint density at radius 1 is 0.296 bits per heavy atom. The minimum Gasteiger partial charge on any atom is -0.462 e. The SMILES string of the molecule is CC/C=C\C/C=C\C/C=C\C/C=C\C/C=C\C/C=C\CCC(=O)OCC(COP(=O)(O)OCC(O)COP(=O)(O)OCC(COC(=O)CCCCCCC/C=C\CCCCCCCC)OC(=O)CCCCCCC/C=C\CCCCCC)OC(=O)CCCCCCCCCCCCC. The third-order valence-electron chi connectivity index (χ3n) is 16.0. The van der Waals surface area contributed by atoms with Gasteiger partial charge in [0.25, 0.3) is 0 Å². The second-order valence-electron chi connectivity index (χ2n) is 25.6. The first kappa shape index (κ1) is 94.0. The summed E-state index contributed by atoms with van der Waals surface area (Å²) in [4.78, 5) is 72.8. The minimum atomic E-state index is -4.98. The molecule has 0 saturated heterocycles. The first-order valence-corrected chi connectivity index (χ1v) is 41.5. The number of unbranched alkanes of at least 4 members (excludes halogenated alkanes) is 30. The summed E-state index contributed by atoms with van der Waals surface area (Å²) in [7, 11) is -9.96. The molecule has 5 atom stereocenters. The molecule has 0 amide bonds. The smallest absolute Gasteiger partial charge is 0.462 e. The van der Waals surface area contributed by atoms with Crippen molar-refractivity contribution in [2.24, 2.45) is 0 Å². The van der Waals surface area contributed by atoms with E-state index in [1.165, 1.54) is 103 Å². The maximum absolute atomic E-state index is 13.1. The lowest BCUT2D eigenvalue weighted by Crippen LogP contribution is -2.30. The largest absolute Gasteiger partial charge is 0.472 e. The fraction of sp³-hybridized carbons (Fsp3) is 0.747. The molecule has 0 rings (SSSR count). The molecule has 0 bridgehead atoms. The zero-order chi connectivity index (χ0) is 71.8. The second kappa shape index (κ2) is 71.4. The van der Waals surface area contributed by atoms with Crippen LogP contribution in [-0.2, 0) is 65.4 Å². The Morgan fingerprint density at radius 3 is 0.888 bits per heavy atom. The van der Waals surface area contributed by atoms with Gasteiger partial charge in [0.2, 0.25) is 0 Å². The molecule has 98 heavy (non-hydrogen) atoms. The van der Waals surface area contributed by atoms with Gasteiger partial charge in [-0.25, -0.2) is 9.13 Å². The molecule has 0 aliphatic heterocycles. The van der Waals surface area contributed by atoms with Crippen molar-refractivity contribution in [3.63, 3.8) is 0 Å². The van der Waals surface area contributed by atoms with Crippen LogP contribution in [0.4, 0.5) is 0 Å². The average molecular weight is 1420 g/mol.